The highest BCUT2D eigenvalue weighted by molar-refractivity contribution is 7.99. The number of carbonyl (C=O) groups is 1. The molecule has 1 amide bonds. The molecular formula is C24H26N2O4S2. The number of hydrogen-bond donors (Lipinski definition) is 2. The highest BCUT2D eigenvalue weighted by atomic mass is 32.2. The zero-order chi connectivity index (χ0) is 23.0. The number of anilines is 1. The summed E-state index contributed by atoms with van der Waals surface area (Å²) in [5.74, 6) is 0.706. The molecule has 6 nitrogen and oxygen atoms in total. The van der Waals surface area contributed by atoms with Crippen molar-refractivity contribution in [2.24, 2.45) is 0 Å². The summed E-state index contributed by atoms with van der Waals surface area (Å²) in [6, 6.07) is 21.4. The number of hydrogen-bond acceptors (Lipinski definition) is 5. The summed E-state index contributed by atoms with van der Waals surface area (Å²) in [4.78, 5) is 13.7. The molecule has 3 aromatic carbocycles. The van der Waals surface area contributed by atoms with Crippen molar-refractivity contribution in [3.05, 3.63) is 83.9 Å². The first-order chi connectivity index (χ1) is 15.4. The number of sulfonamides is 1. The fourth-order valence-electron chi connectivity index (χ4n) is 2.94. The molecule has 0 aromatic heterocycles. The molecule has 0 fully saturated rings. The van der Waals surface area contributed by atoms with Gasteiger partial charge in [-0.15, -0.1) is 11.8 Å². The lowest BCUT2D eigenvalue weighted by molar-refractivity contribution is 0.0953. The van der Waals surface area contributed by atoms with E-state index in [1.165, 1.54) is 24.1 Å². The van der Waals surface area contributed by atoms with Gasteiger partial charge in [0.15, 0.2) is 0 Å². The molecule has 8 heteroatoms. The summed E-state index contributed by atoms with van der Waals surface area (Å²) >= 11 is 1.72. The normalized spacial score (nSPS) is 11.1. The first kappa shape index (κ1) is 23.7. The van der Waals surface area contributed by atoms with Crippen LogP contribution < -0.4 is 14.8 Å². The number of rotatable bonds is 10. The van der Waals surface area contributed by atoms with Crippen LogP contribution in [-0.4, -0.2) is 33.7 Å². The Morgan fingerprint density at radius 2 is 1.72 bits per heavy atom. The van der Waals surface area contributed by atoms with Gasteiger partial charge in [0.05, 0.1) is 7.11 Å². The molecule has 0 saturated carbocycles. The number of aryl methyl sites for hydroxylation is 1. The highest BCUT2D eigenvalue weighted by Gasteiger charge is 2.22. The number of nitrogens with one attached hydrogen (secondary N) is 2. The van der Waals surface area contributed by atoms with Crippen LogP contribution in [0.1, 0.15) is 22.3 Å². The number of thioether (sulfide) groups is 1. The zero-order valence-electron chi connectivity index (χ0n) is 18.0. The highest BCUT2D eigenvalue weighted by Crippen LogP contribution is 2.27. The molecule has 0 heterocycles. The van der Waals surface area contributed by atoms with Crippen LogP contribution in [-0.2, 0) is 10.0 Å². The molecule has 0 aliphatic carbocycles. The van der Waals surface area contributed by atoms with Gasteiger partial charge in [-0.25, -0.2) is 8.42 Å². The van der Waals surface area contributed by atoms with Crippen molar-refractivity contribution in [1.29, 1.82) is 0 Å². The Bertz CT molecular complexity index is 1150. The smallest absolute Gasteiger partial charge is 0.265 e. The second-order valence-electron chi connectivity index (χ2n) is 7.11. The lowest BCUT2D eigenvalue weighted by atomic mass is 10.2. The largest absolute Gasteiger partial charge is 0.495 e. The van der Waals surface area contributed by atoms with Gasteiger partial charge in [0.1, 0.15) is 10.6 Å². The molecule has 2 N–H and O–H groups in total. The van der Waals surface area contributed by atoms with E-state index in [1.54, 1.807) is 30.0 Å². The van der Waals surface area contributed by atoms with Crippen LogP contribution in [0.3, 0.4) is 0 Å². The van der Waals surface area contributed by atoms with Crippen LogP contribution in [0.4, 0.5) is 5.69 Å². The lowest BCUT2D eigenvalue weighted by Crippen LogP contribution is -2.25. The maximum atomic E-state index is 12.9. The molecule has 0 unspecified atom stereocenters. The van der Waals surface area contributed by atoms with Crippen molar-refractivity contribution in [3.63, 3.8) is 0 Å². The topological polar surface area (TPSA) is 84.5 Å². The molecule has 0 spiro atoms. The minimum atomic E-state index is -3.94. The Kier molecular flexibility index (Phi) is 8.19. The van der Waals surface area contributed by atoms with Gasteiger partial charge in [0.25, 0.3) is 15.9 Å². The maximum Gasteiger partial charge on any atom is 0.265 e. The van der Waals surface area contributed by atoms with Crippen LogP contribution in [0.5, 0.6) is 5.75 Å². The quantitative estimate of drug-likeness (QED) is 0.331. The van der Waals surface area contributed by atoms with E-state index in [9.17, 15) is 13.2 Å². The minimum absolute atomic E-state index is 0.0899. The average Bonchev–Trinajstić information content (AvgIpc) is 2.80. The molecule has 3 aromatic rings. The lowest BCUT2D eigenvalue weighted by Gasteiger charge is -2.13. The predicted octanol–water partition coefficient (Wildman–Crippen LogP) is 4.72. The summed E-state index contributed by atoms with van der Waals surface area (Å²) < 4.78 is 33.7. The van der Waals surface area contributed by atoms with Crippen molar-refractivity contribution in [2.45, 2.75) is 23.1 Å². The predicted molar refractivity (Wildman–Crippen MR) is 129 cm³/mol. The number of ether oxygens (including phenoxy) is 1. The Morgan fingerprint density at radius 1 is 1.00 bits per heavy atom. The number of methoxy groups -OCH3 is 1. The van der Waals surface area contributed by atoms with E-state index >= 15 is 0 Å². The van der Waals surface area contributed by atoms with E-state index in [0.717, 1.165) is 17.7 Å². The molecule has 0 radical (unpaired) electrons. The van der Waals surface area contributed by atoms with Crippen LogP contribution in [0.15, 0.2) is 82.6 Å². The monoisotopic (exact) mass is 470 g/mol. The molecule has 32 heavy (non-hydrogen) atoms. The number of benzene rings is 3. The molecule has 0 saturated heterocycles. The molecule has 0 aliphatic heterocycles. The van der Waals surface area contributed by atoms with Crippen molar-refractivity contribution < 1.29 is 17.9 Å². The van der Waals surface area contributed by atoms with Gasteiger partial charge in [-0.05, 0) is 61.6 Å². The van der Waals surface area contributed by atoms with Gasteiger partial charge >= 0.3 is 0 Å². The maximum absolute atomic E-state index is 12.9. The number of carbonyl (C=O) groups excluding carboxylic acids is 1. The van der Waals surface area contributed by atoms with E-state index in [0.29, 0.717) is 12.2 Å². The van der Waals surface area contributed by atoms with Gasteiger partial charge in [0, 0.05) is 22.7 Å². The fraction of sp³-hybridized carbons (Fsp3) is 0.208. The molecule has 0 atom stereocenters. The third kappa shape index (κ3) is 6.51. The molecule has 0 bridgehead atoms. The first-order valence-corrected chi connectivity index (χ1v) is 12.6. The second kappa shape index (κ2) is 11.1. The second-order valence-corrected chi connectivity index (χ2v) is 9.93. The Morgan fingerprint density at radius 3 is 2.41 bits per heavy atom. The first-order valence-electron chi connectivity index (χ1n) is 10.1. The summed E-state index contributed by atoms with van der Waals surface area (Å²) in [5.41, 5.74) is 1.71. The van der Waals surface area contributed by atoms with E-state index < -0.39 is 10.0 Å². The molecule has 3 rings (SSSR count). The summed E-state index contributed by atoms with van der Waals surface area (Å²) in [6.07, 6.45) is 0.793. The molecular weight excluding hydrogens is 444 g/mol. The van der Waals surface area contributed by atoms with Crippen molar-refractivity contribution in [2.75, 3.05) is 24.1 Å². The van der Waals surface area contributed by atoms with Gasteiger partial charge in [0.2, 0.25) is 0 Å². The third-order valence-electron chi connectivity index (χ3n) is 4.64. The standard InChI is InChI=1S/C24H26N2O4S2/c1-18-9-12-20(13-10-18)26-32(28,29)23-17-19(11-14-22(23)30-2)24(27)25-15-6-16-31-21-7-4-3-5-8-21/h3-5,7-14,17,26H,6,15-16H2,1-2H3,(H,25,27). The van der Waals surface area contributed by atoms with Gasteiger partial charge in [-0.3, -0.25) is 9.52 Å². The van der Waals surface area contributed by atoms with Crippen LogP contribution in [0.2, 0.25) is 0 Å². The Labute approximate surface area is 193 Å². The average molecular weight is 471 g/mol. The summed E-state index contributed by atoms with van der Waals surface area (Å²) in [6.45, 7) is 2.41. The van der Waals surface area contributed by atoms with Gasteiger partial charge in [-0.2, -0.15) is 0 Å². The van der Waals surface area contributed by atoms with Gasteiger partial charge < -0.3 is 10.1 Å². The number of amides is 1. The Balaban J connectivity index is 1.64. The van der Waals surface area contributed by atoms with E-state index in [4.69, 9.17) is 4.74 Å². The van der Waals surface area contributed by atoms with Crippen LogP contribution in [0.25, 0.3) is 0 Å². The van der Waals surface area contributed by atoms with E-state index in [2.05, 4.69) is 10.0 Å². The van der Waals surface area contributed by atoms with E-state index in [1.807, 2.05) is 49.4 Å². The molecule has 168 valence electrons. The van der Waals surface area contributed by atoms with Crippen molar-refractivity contribution in [3.8, 4) is 5.75 Å². The van der Waals surface area contributed by atoms with Crippen molar-refractivity contribution in [1.82, 2.24) is 5.32 Å². The SMILES string of the molecule is COc1ccc(C(=O)NCCCSc2ccccc2)cc1S(=O)(=O)Nc1ccc(C)cc1. The summed E-state index contributed by atoms with van der Waals surface area (Å²) in [7, 11) is -2.55. The Hall–Kier alpha value is -2.97. The van der Waals surface area contributed by atoms with Crippen LogP contribution in [0, 0.1) is 6.92 Å². The van der Waals surface area contributed by atoms with E-state index in [-0.39, 0.29) is 22.1 Å². The van der Waals surface area contributed by atoms with Crippen molar-refractivity contribution >= 4 is 33.4 Å². The third-order valence-corrected chi connectivity index (χ3v) is 7.14. The summed E-state index contributed by atoms with van der Waals surface area (Å²) in [5, 5.41) is 2.85. The van der Waals surface area contributed by atoms with Gasteiger partial charge in [-0.1, -0.05) is 35.9 Å². The minimum Gasteiger partial charge on any atom is -0.495 e. The van der Waals surface area contributed by atoms with Crippen LogP contribution >= 0.6 is 11.8 Å². The fourth-order valence-corrected chi connectivity index (χ4v) is 5.07. The molecule has 0 aliphatic rings. The zero-order valence-corrected chi connectivity index (χ0v) is 19.6.